The zero-order valence-corrected chi connectivity index (χ0v) is 22.6. The highest BCUT2D eigenvalue weighted by Crippen LogP contribution is 2.10. The maximum Gasteiger partial charge on any atom is 0.264 e. The standard InChI is InChI=1S/C29H54N2O3/c1-4-6-8-10-12-13-14-15-16-17-18-20-22-24-26-31(30-28(32)27-34-3)29(33)25-23-21-19-11-9-7-5-2/h14-15,24,26H,4-13,16-23,25,27H2,1-3H3,(H,30,32)/b15-14+,26-24-. The first-order valence-corrected chi connectivity index (χ1v) is 14.1. The highest BCUT2D eigenvalue weighted by atomic mass is 16.5. The molecule has 34 heavy (non-hydrogen) atoms. The second-order valence-electron chi connectivity index (χ2n) is 9.30. The molecule has 0 aromatic heterocycles. The number of nitrogens with one attached hydrogen (secondary N) is 1. The van der Waals surface area contributed by atoms with Crippen molar-refractivity contribution in [1.82, 2.24) is 10.4 Å². The van der Waals surface area contributed by atoms with E-state index in [2.05, 4.69) is 31.4 Å². The average molecular weight is 479 g/mol. The summed E-state index contributed by atoms with van der Waals surface area (Å²) < 4.78 is 4.88. The number of ether oxygens (including phenoxy) is 1. The Balaban J connectivity index is 4.08. The Labute approximate surface area is 210 Å². The van der Waals surface area contributed by atoms with E-state index in [0.717, 1.165) is 32.1 Å². The van der Waals surface area contributed by atoms with E-state index in [0.29, 0.717) is 6.42 Å². The van der Waals surface area contributed by atoms with Crippen LogP contribution in [0, 0.1) is 0 Å². The number of allylic oxidation sites excluding steroid dienone is 3. The normalized spacial score (nSPS) is 11.5. The van der Waals surface area contributed by atoms with Crippen molar-refractivity contribution in [3.8, 4) is 0 Å². The molecule has 0 unspecified atom stereocenters. The van der Waals surface area contributed by atoms with Crippen LogP contribution in [0.25, 0.3) is 0 Å². The molecule has 5 nitrogen and oxygen atoms in total. The van der Waals surface area contributed by atoms with E-state index >= 15 is 0 Å². The molecule has 0 aromatic carbocycles. The quantitative estimate of drug-likeness (QED) is 0.0919. The first-order chi connectivity index (χ1) is 16.7. The van der Waals surface area contributed by atoms with Gasteiger partial charge in [0, 0.05) is 19.7 Å². The lowest BCUT2D eigenvalue weighted by Crippen LogP contribution is -2.44. The molecule has 0 aliphatic heterocycles. The molecule has 198 valence electrons. The van der Waals surface area contributed by atoms with Crippen molar-refractivity contribution >= 4 is 11.8 Å². The first kappa shape index (κ1) is 32.4. The van der Waals surface area contributed by atoms with Crippen LogP contribution < -0.4 is 5.43 Å². The molecule has 0 atom stereocenters. The summed E-state index contributed by atoms with van der Waals surface area (Å²) in [6.45, 7) is 4.42. The summed E-state index contributed by atoms with van der Waals surface area (Å²) in [5.41, 5.74) is 2.66. The Hall–Kier alpha value is -1.62. The number of rotatable bonds is 23. The van der Waals surface area contributed by atoms with Gasteiger partial charge in [-0.2, -0.15) is 0 Å². The fourth-order valence-corrected chi connectivity index (χ4v) is 3.82. The maximum absolute atomic E-state index is 12.6. The van der Waals surface area contributed by atoms with Gasteiger partial charge in [0.15, 0.2) is 0 Å². The highest BCUT2D eigenvalue weighted by molar-refractivity contribution is 5.83. The van der Waals surface area contributed by atoms with Crippen molar-refractivity contribution in [2.24, 2.45) is 0 Å². The van der Waals surface area contributed by atoms with Crippen LogP contribution in [0.4, 0.5) is 0 Å². The molecule has 0 radical (unpaired) electrons. The third kappa shape index (κ3) is 22.2. The molecular weight excluding hydrogens is 424 g/mol. The van der Waals surface area contributed by atoms with Gasteiger partial charge in [0.2, 0.25) is 5.91 Å². The third-order valence-corrected chi connectivity index (χ3v) is 5.92. The minimum Gasteiger partial charge on any atom is -0.375 e. The average Bonchev–Trinajstić information content (AvgIpc) is 2.83. The van der Waals surface area contributed by atoms with Gasteiger partial charge in [-0.1, -0.05) is 103 Å². The van der Waals surface area contributed by atoms with Gasteiger partial charge < -0.3 is 4.74 Å². The SMILES string of the molecule is CCCCCCC/C=C/CCCCC/C=C\N(NC(=O)COC)C(=O)CCCCCCCCC. The molecule has 0 aliphatic rings. The van der Waals surface area contributed by atoms with Crippen molar-refractivity contribution in [1.29, 1.82) is 0 Å². The second kappa shape index (κ2) is 26.0. The lowest BCUT2D eigenvalue weighted by molar-refractivity contribution is -0.139. The summed E-state index contributed by atoms with van der Waals surface area (Å²) in [6.07, 6.45) is 30.4. The fraction of sp³-hybridized carbons (Fsp3) is 0.793. The smallest absolute Gasteiger partial charge is 0.264 e. The van der Waals surface area contributed by atoms with Crippen LogP contribution >= 0.6 is 0 Å². The van der Waals surface area contributed by atoms with Crippen LogP contribution in [-0.4, -0.2) is 30.5 Å². The number of nitrogens with zero attached hydrogens (tertiary/aromatic N) is 1. The summed E-state index contributed by atoms with van der Waals surface area (Å²) in [7, 11) is 1.48. The van der Waals surface area contributed by atoms with Gasteiger partial charge in [-0.05, 0) is 44.9 Å². The van der Waals surface area contributed by atoms with Crippen molar-refractivity contribution < 1.29 is 14.3 Å². The predicted octanol–water partition coefficient (Wildman–Crippen LogP) is 8.01. The summed E-state index contributed by atoms with van der Waals surface area (Å²) in [4.78, 5) is 24.5. The number of amides is 2. The summed E-state index contributed by atoms with van der Waals surface area (Å²) in [5, 5.41) is 1.35. The number of unbranched alkanes of at least 4 members (excludes halogenated alkanes) is 15. The molecule has 0 heterocycles. The zero-order valence-electron chi connectivity index (χ0n) is 22.6. The van der Waals surface area contributed by atoms with Crippen LogP contribution in [0.1, 0.15) is 136 Å². The number of hydrogen-bond donors (Lipinski definition) is 1. The Morgan fingerprint density at radius 3 is 1.71 bits per heavy atom. The van der Waals surface area contributed by atoms with E-state index in [4.69, 9.17) is 4.74 Å². The largest absolute Gasteiger partial charge is 0.375 e. The summed E-state index contributed by atoms with van der Waals surface area (Å²) in [5.74, 6) is -0.369. The lowest BCUT2D eigenvalue weighted by Gasteiger charge is -2.19. The zero-order chi connectivity index (χ0) is 25.1. The molecule has 0 aliphatic carbocycles. The molecule has 0 rings (SSSR count). The number of carbonyl (C=O) groups excluding carboxylic acids is 2. The van der Waals surface area contributed by atoms with Crippen LogP contribution in [0.2, 0.25) is 0 Å². The number of hydrogen-bond acceptors (Lipinski definition) is 3. The van der Waals surface area contributed by atoms with E-state index in [9.17, 15) is 9.59 Å². The molecule has 2 amide bonds. The van der Waals surface area contributed by atoms with E-state index in [1.54, 1.807) is 6.20 Å². The number of hydrazine groups is 1. The highest BCUT2D eigenvalue weighted by Gasteiger charge is 2.13. The minimum atomic E-state index is -0.308. The Morgan fingerprint density at radius 2 is 1.15 bits per heavy atom. The van der Waals surface area contributed by atoms with Crippen molar-refractivity contribution in [3.05, 3.63) is 24.4 Å². The summed E-state index contributed by atoms with van der Waals surface area (Å²) in [6, 6.07) is 0. The Bertz CT molecular complexity index is 531. The Morgan fingerprint density at radius 1 is 0.676 bits per heavy atom. The molecule has 1 N–H and O–H groups in total. The van der Waals surface area contributed by atoms with E-state index < -0.39 is 0 Å². The van der Waals surface area contributed by atoms with Gasteiger partial charge in [0.1, 0.15) is 6.61 Å². The maximum atomic E-state index is 12.6. The molecule has 0 saturated heterocycles. The molecule has 0 spiro atoms. The topological polar surface area (TPSA) is 58.6 Å². The summed E-state index contributed by atoms with van der Waals surface area (Å²) >= 11 is 0. The van der Waals surface area contributed by atoms with Gasteiger partial charge >= 0.3 is 0 Å². The second-order valence-corrected chi connectivity index (χ2v) is 9.30. The molecule has 0 aromatic rings. The molecular formula is C29H54N2O3. The fourth-order valence-electron chi connectivity index (χ4n) is 3.82. The lowest BCUT2D eigenvalue weighted by atomic mass is 10.1. The van der Waals surface area contributed by atoms with Gasteiger partial charge in [-0.25, -0.2) is 5.01 Å². The van der Waals surface area contributed by atoms with E-state index in [-0.39, 0.29) is 18.4 Å². The molecule has 0 fully saturated rings. The van der Waals surface area contributed by atoms with Gasteiger partial charge in [-0.15, -0.1) is 0 Å². The van der Waals surface area contributed by atoms with Crippen LogP contribution in [0.5, 0.6) is 0 Å². The van der Waals surface area contributed by atoms with E-state index in [1.807, 2.05) is 6.08 Å². The van der Waals surface area contributed by atoms with Crippen LogP contribution in [0.3, 0.4) is 0 Å². The van der Waals surface area contributed by atoms with Gasteiger partial charge in [-0.3, -0.25) is 15.0 Å². The van der Waals surface area contributed by atoms with Crippen molar-refractivity contribution in [2.75, 3.05) is 13.7 Å². The van der Waals surface area contributed by atoms with E-state index in [1.165, 1.54) is 95.6 Å². The molecule has 5 heteroatoms. The third-order valence-electron chi connectivity index (χ3n) is 5.92. The van der Waals surface area contributed by atoms with Crippen LogP contribution in [-0.2, 0) is 14.3 Å². The van der Waals surface area contributed by atoms with Gasteiger partial charge in [0.25, 0.3) is 5.91 Å². The Kier molecular flexibility index (Phi) is 24.8. The number of methoxy groups -OCH3 is 1. The molecule has 0 saturated carbocycles. The monoisotopic (exact) mass is 478 g/mol. The number of carbonyl (C=O) groups is 2. The van der Waals surface area contributed by atoms with Crippen molar-refractivity contribution in [2.45, 2.75) is 136 Å². The predicted molar refractivity (Wildman–Crippen MR) is 144 cm³/mol. The molecule has 0 bridgehead atoms. The first-order valence-electron chi connectivity index (χ1n) is 14.1. The van der Waals surface area contributed by atoms with Gasteiger partial charge in [0.05, 0.1) is 0 Å². The minimum absolute atomic E-state index is 0.0543. The van der Waals surface area contributed by atoms with Crippen LogP contribution in [0.15, 0.2) is 24.4 Å². The van der Waals surface area contributed by atoms with Crippen molar-refractivity contribution in [3.63, 3.8) is 0 Å².